The summed E-state index contributed by atoms with van der Waals surface area (Å²) < 4.78 is 28.2. The number of amides is 1. The van der Waals surface area contributed by atoms with Gasteiger partial charge in [0.1, 0.15) is 5.49 Å². The van der Waals surface area contributed by atoms with Crippen LogP contribution < -0.4 is 5.49 Å². The molecule has 0 saturated carbocycles. The number of fused-ring (bicyclic) bond motifs is 1. The number of aliphatic hydroxyl groups excluding tert-OH is 1. The molecule has 3 rings (SSSR count). The molecule has 0 spiro atoms. The summed E-state index contributed by atoms with van der Waals surface area (Å²) in [6.45, 7) is 2.84. The quantitative estimate of drug-likeness (QED) is 0.734. The number of nitrogens with zero attached hydrogens (tertiary/aromatic N) is 3. The zero-order chi connectivity index (χ0) is 21.0. The largest absolute Gasteiger partial charge is 0.505 e. The van der Waals surface area contributed by atoms with Crippen LogP contribution in [0.3, 0.4) is 0 Å². The highest BCUT2D eigenvalue weighted by Gasteiger charge is 2.37. The average Bonchev–Trinajstić information content (AvgIpc) is 2.71. The van der Waals surface area contributed by atoms with Crippen LogP contribution in [0.2, 0.25) is 0 Å². The Balaban J connectivity index is 2.01. The molecule has 0 saturated heterocycles. The van der Waals surface area contributed by atoms with Crippen molar-refractivity contribution in [1.29, 1.82) is 0 Å². The predicted molar refractivity (Wildman–Crippen MR) is 110 cm³/mol. The number of carbonyl (C=O) groups excluding carboxylic acids is 1. The van der Waals surface area contributed by atoms with Gasteiger partial charge in [-0.2, -0.15) is 4.99 Å². The standard InChI is InChI=1S/C21H25N3O4S/c1-3-4-5-9-14-24-15-10-8-13-18(24)22-21(26)19-20(25)16-11-6-7-12-17(16)29(27,28)23(19)2/h6-8,10-13,15,25H,3-5,9,14H2,1-2H3. The molecule has 7 nitrogen and oxygen atoms in total. The van der Waals surface area contributed by atoms with Crippen molar-refractivity contribution >= 4 is 21.7 Å². The maximum absolute atomic E-state index is 12.9. The smallest absolute Gasteiger partial charge is 0.300 e. The van der Waals surface area contributed by atoms with E-state index in [4.69, 9.17) is 0 Å². The van der Waals surface area contributed by atoms with Crippen LogP contribution in [0.5, 0.6) is 0 Å². The van der Waals surface area contributed by atoms with Gasteiger partial charge in [0.2, 0.25) is 0 Å². The maximum Gasteiger partial charge on any atom is 0.300 e. The average molecular weight is 416 g/mol. The predicted octanol–water partition coefficient (Wildman–Crippen LogP) is 3.06. The Kier molecular flexibility index (Phi) is 6.22. The molecular formula is C21H25N3O4S. The molecule has 0 fully saturated rings. The Labute approximate surface area is 170 Å². The molecule has 1 aromatic carbocycles. The van der Waals surface area contributed by atoms with Crippen molar-refractivity contribution in [3.8, 4) is 0 Å². The fraction of sp³-hybridized carbons (Fsp3) is 0.333. The summed E-state index contributed by atoms with van der Waals surface area (Å²) in [7, 11) is -2.70. The van der Waals surface area contributed by atoms with Crippen molar-refractivity contribution in [2.24, 2.45) is 4.99 Å². The van der Waals surface area contributed by atoms with Crippen molar-refractivity contribution in [3.05, 3.63) is 65.4 Å². The van der Waals surface area contributed by atoms with Crippen LogP contribution >= 0.6 is 0 Å². The van der Waals surface area contributed by atoms with Gasteiger partial charge in [-0.15, -0.1) is 0 Å². The molecule has 0 unspecified atom stereocenters. The lowest BCUT2D eigenvalue weighted by molar-refractivity contribution is -0.115. The summed E-state index contributed by atoms with van der Waals surface area (Å²) in [4.78, 5) is 17.0. The van der Waals surface area contributed by atoms with E-state index in [1.54, 1.807) is 24.3 Å². The lowest BCUT2D eigenvalue weighted by Gasteiger charge is -2.27. The van der Waals surface area contributed by atoms with Gasteiger partial charge in [0.25, 0.3) is 15.9 Å². The highest BCUT2D eigenvalue weighted by molar-refractivity contribution is 7.89. The van der Waals surface area contributed by atoms with Crippen molar-refractivity contribution < 1.29 is 18.3 Å². The first-order valence-corrected chi connectivity index (χ1v) is 11.1. The number of hydrogen-bond acceptors (Lipinski definition) is 4. The second-order valence-electron chi connectivity index (χ2n) is 6.90. The van der Waals surface area contributed by atoms with Gasteiger partial charge in [0, 0.05) is 25.4 Å². The molecule has 29 heavy (non-hydrogen) atoms. The van der Waals surface area contributed by atoms with Gasteiger partial charge in [-0.05, 0) is 30.7 Å². The first-order chi connectivity index (χ1) is 13.9. The molecule has 0 atom stereocenters. The second kappa shape index (κ2) is 8.65. The van der Waals surface area contributed by atoms with Gasteiger partial charge < -0.3 is 9.67 Å². The van der Waals surface area contributed by atoms with E-state index in [-0.39, 0.29) is 16.2 Å². The summed E-state index contributed by atoms with van der Waals surface area (Å²) in [6, 6.07) is 11.4. The van der Waals surface area contributed by atoms with Crippen LogP contribution in [0, 0.1) is 0 Å². The van der Waals surface area contributed by atoms with E-state index in [0.29, 0.717) is 12.0 Å². The third kappa shape index (κ3) is 4.12. The number of aromatic nitrogens is 1. The van der Waals surface area contributed by atoms with Gasteiger partial charge in [-0.3, -0.25) is 9.10 Å². The summed E-state index contributed by atoms with van der Waals surface area (Å²) in [5.41, 5.74) is 0.161. The number of aryl methyl sites for hydroxylation is 1. The fourth-order valence-electron chi connectivity index (χ4n) is 3.29. The minimum absolute atomic E-state index is 0.0396. The molecule has 0 radical (unpaired) electrons. The SMILES string of the molecule is CCCCCCn1ccccc1=NC(=O)C1=C(O)c2ccccc2S(=O)(=O)N1C. The van der Waals surface area contributed by atoms with Crippen molar-refractivity contribution in [2.75, 3.05) is 7.05 Å². The highest BCUT2D eigenvalue weighted by atomic mass is 32.2. The third-order valence-corrected chi connectivity index (χ3v) is 6.72. The molecule has 154 valence electrons. The first-order valence-electron chi connectivity index (χ1n) is 9.64. The Morgan fingerprint density at radius 2 is 1.79 bits per heavy atom. The molecule has 2 aromatic rings. The van der Waals surface area contributed by atoms with E-state index in [9.17, 15) is 18.3 Å². The second-order valence-corrected chi connectivity index (χ2v) is 8.83. The van der Waals surface area contributed by atoms with Gasteiger partial charge in [-0.1, -0.05) is 44.4 Å². The number of aliphatic hydroxyl groups is 1. The van der Waals surface area contributed by atoms with E-state index in [1.165, 1.54) is 19.2 Å². The highest BCUT2D eigenvalue weighted by Crippen LogP contribution is 2.34. The summed E-state index contributed by atoms with van der Waals surface area (Å²) in [5, 5.41) is 10.6. The topological polar surface area (TPSA) is 92.0 Å². The minimum atomic E-state index is -3.94. The van der Waals surface area contributed by atoms with Crippen molar-refractivity contribution in [3.63, 3.8) is 0 Å². The van der Waals surface area contributed by atoms with Gasteiger partial charge in [0.05, 0.1) is 4.90 Å². The molecule has 0 aliphatic carbocycles. The molecule has 8 heteroatoms. The Morgan fingerprint density at radius 1 is 1.07 bits per heavy atom. The number of benzene rings is 1. The minimum Gasteiger partial charge on any atom is -0.505 e. The lowest BCUT2D eigenvalue weighted by Crippen LogP contribution is -2.35. The monoisotopic (exact) mass is 415 g/mol. The molecule has 1 aromatic heterocycles. The van der Waals surface area contributed by atoms with Gasteiger partial charge in [-0.25, -0.2) is 8.42 Å². The summed E-state index contributed by atoms with van der Waals surface area (Å²) in [5.74, 6) is -1.20. The Morgan fingerprint density at radius 3 is 2.55 bits per heavy atom. The number of likely N-dealkylation sites (N-methyl/N-ethyl adjacent to an activating group) is 1. The molecule has 1 N–H and O–H groups in total. The third-order valence-electron chi connectivity index (χ3n) is 4.91. The Hall–Kier alpha value is -2.87. The first kappa shape index (κ1) is 20.9. The van der Waals surface area contributed by atoms with Crippen LogP contribution in [0.15, 0.2) is 64.2 Å². The molecule has 1 amide bonds. The fourth-order valence-corrected chi connectivity index (χ4v) is 4.68. The Bertz CT molecular complexity index is 1120. The number of sulfonamides is 1. The molecule has 0 bridgehead atoms. The number of rotatable bonds is 6. The molecule has 1 aliphatic rings. The zero-order valence-corrected chi connectivity index (χ0v) is 17.4. The van der Waals surface area contributed by atoms with E-state index < -0.39 is 21.7 Å². The van der Waals surface area contributed by atoms with Crippen molar-refractivity contribution in [2.45, 2.75) is 44.0 Å². The van der Waals surface area contributed by atoms with Crippen LogP contribution in [-0.2, 0) is 21.4 Å². The van der Waals surface area contributed by atoms with Crippen LogP contribution in [0.1, 0.15) is 38.2 Å². The van der Waals surface area contributed by atoms with Crippen molar-refractivity contribution in [1.82, 2.24) is 8.87 Å². The number of hydrogen-bond donors (Lipinski definition) is 1. The summed E-state index contributed by atoms with van der Waals surface area (Å²) in [6.07, 6.45) is 6.14. The molecule has 2 heterocycles. The zero-order valence-electron chi connectivity index (χ0n) is 16.6. The summed E-state index contributed by atoms with van der Waals surface area (Å²) >= 11 is 0. The van der Waals surface area contributed by atoms with Crippen LogP contribution in [0.4, 0.5) is 0 Å². The van der Waals surface area contributed by atoms with E-state index in [0.717, 1.165) is 30.0 Å². The normalized spacial score (nSPS) is 16.1. The lowest BCUT2D eigenvalue weighted by atomic mass is 10.1. The number of unbranched alkanes of at least 4 members (excludes halogenated alkanes) is 3. The van der Waals surface area contributed by atoms with E-state index >= 15 is 0 Å². The van der Waals surface area contributed by atoms with E-state index in [1.807, 2.05) is 16.8 Å². The van der Waals surface area contributed by atoms with E-state index in [2.05, 4.69) is 11.9 Å². The molecule has 1 aliphatic heterocycles. The van der Waals surface area contributed by atoms with Gasteiger partial charge >= 0.3 is 0 Å². The maximum atomic E-state index is 12.9. The molecular weight excluding hydrogens is 390 g/mol. The van der Waals surface area contributed by atoms with Crippen LogP contribution in [-0.4, -0.2) is 35.4 Å². The van der Waals surface area contributed by atoms with Gasteiger partial charge in [0.15, 0.2) is 11.5 Å². The number of carbonyl (C=O) groups is 1. The van der Waals surface area contributed by atoms with Crippen LogP contribution in [0.25, 0.3) is 5.76 Å². The number of pyridine rings is 1.